The number of hydrogen-bond donors (Lipinski definition) is 1. The lowest BCUT2D eigenvalue weighted by atomic mass is 10.2. The van der Waals surface area contributed by atoms with Crippen molar-refractivity contribution in [1.29, 1.82) is 0 Å². The van der Waals surface area contributed by atoms with E-state index in [-0.39, 0.29) is 12.0 Å². The lowest BCUT2D eigenvalue weighted by Gasteiger charge is -2.11. The number of rotatable bonds is 8. The third kappa shape index (κ3) is 5.66. The summed E-state index contributed by atoms with van der Waals surface area (Å²) in [6.07, 6.45) is 4.33. The average Bonchev–Trinajstić information content (AvgIpc) is 3.26. The molecular formula is C18H22BrN3O3. The minimum atomic E-state index is -0.0788. The highest BCUT2D eigenvalue weighted by Gasteiger charge is 2.15. The Hall–Kier alpha value is -1.70. The van der Waals surface area contributed by atoms with Crippen LogP contribution < -0.4 is 5.32 Å². The lowest BCUT2D eigenvalue weighted by Crippen LogP contribution is -2.20. The number of halogens is 1. The predicted molar refractivity (Wildman–Crippen MR) is 98.5 cm³/mol. The van der Waals surface area contributed by atoms with Crippen LogP contribution in [0.4, 0.5) is 5.82 Å². The molecule has 0 saturated carbocycles. The smallest absolute Gasteiger partial charge is 0.227 e. The van der Waals surface area contributed by atoms with E-state index in [1.54, 1.807) is 16.9 Å². The van der Waals surface area contributed by atoms with Crippen molar-refractivity contribution in [3.63, 3.8) is 0 Å². The van der Waals surface area contributed by atoms with E-state index in [0.717, 1.165) is 29.5 Å². The number of amides is 1. The minimum absolute atomic E-state index is 0.0788. The second-order valence-electron chi connectivity index (χ2n) is 6.01. The number of anilines is 1. The van der Waals surface area contributed by atoms with Gasteiger partial charge in [-0.15, -0.1) is 0 Å². The molecule has 134 valence electrons. The summed E-state index contributed by atoms with van der Waals surface area (Å²) in [7, 11) is 0. The largest absolute Gasteiger partial charge is 0.378 e. The summed E-state index contributed by atoms with van der Waals surface area (Å²) in [6, 6.07) is 9.82. The van der Waals surface area contributed by atoms with E-state index in [0.29, 0.717) is 32.0 Å². The van der Waals surface area contributed by atoms with Gasteiger partial charge in [0.25, 0.3) is 0 Å². The van der Waals surface area contributed by atoms with Crippen LogP contribution >= 0.6 is 15.9 Å². The van der Waals surface area contributed by atoms with Crippen LogP contribution in [0.25, 0.3) is 0 Å². The molecule has 3 rings (SSSR count). The summed E-state index contributed by atoms with van der Waals surface area (Å²) >= 11 is 3.42. The molecule has 1 fully saturated rings. The van der Waals surface area contributed by atoms with Crippen LogP contribution in [0.1, 0.15) is 24.8 Å². The first kappa shape index (κ1) is 18.1. The molecule has 1 aliphatic rings. The molecule has 1 N–H and O–H groups in total. The molecule has 7 heteroatoms. The zero-order valence-corrected chi connectivity index (χ0v) is 15.6. The maximum absolute atomic E-state index is 12.1. The van der Waals surface area contributed by atoms with E-state index in [9.17, 15) is 4.79 Å². The van der Waals surface area contributed by atoms with Gasteiger partial charge in [0.1, 0.15) is 5.82 Å². The van der Waals surface area contributed by atoms with Gasteiger partial charge in [0.2, 0.25) is 5.91 Å². The summed E-state index contributed by atoms with van der Waals surface area (Å²) in [6.45, 7) is 2.38. The molecule has 2 aromatic rings. The van der Waals surface area contributed by atoms with Crippen LogP contribution in [-0.2, 0) is 20.8 Å². The van der Waals surface area contributed by atoms with Crippen molar-refractivity contribution < 1.29 is 14.3 Å². The van der Waals surface area contributed by atoms with Crippen LogP contribution in [0.3, 0.4) is 0 Å². The van der Waals surface area contributed by atoms with Crippen molar-refractivity contribution in [2.24, 2.45) is 0 Å². The summed E-state index contributed by atoms with van der Waals surface area (Å²) in [4.78, 5) is 12.1. The first-order valence-corrected chi connectivity index (χ1v) is 9.25. The van der Waals surface area contributed by atoms with Crippen LogP contribution in [0, 0.1) is 0 Å². The standard InChI is InChI=1S/C18H22BrN3O3/c19-15-5-3-14(4-6-15)12-22-17(7-9-20-22)21-18(23)8-11-24-13-16-2-1-10-25-16/h3-7,9,16H,1-2,8,10-13H2,(H,21,23). The molecule has 1 aliphatic heterocycles. The molecular weight excluding hydrogens is 386 g/mol. The number of carbonyl (C=O) groups excluding carboxylic acids is 1. The van der Waals surface area contributed by atoms with Crippen molar-refractivity contribution in [3.8, 4) is 0 Å². The molecule has 0 spiro atoms. The van der Waals surface area contributed by atoms with E-state index >= 15 is 0 Å². The topological polar surface area (TPSA) is 65.4 Å². The normalized spacial score (nSPS) is 16.9. The second kappa shape index (κ2) is 9.12. The van der Waals surface area contributed by atoms with Gasteiger partial charge >= 0.3 is 0 Å². The molecule has 0 aliphatic carbocycles. The predicted octanol–water partition coefficient (Wildman–Crippen LogP) is 3.22. The number of benzene rings is 1. The Labute approximate surface area is 155 Å². The number of nitrogens with zero attached hydrogens (tertiary/aromatic N) is 2. The SMILES string of the molecule is O=C(CCOCC1CCCO1)Nc1ccnn1Cc1ccc(Br)cc1. The Morgan fingerprint density at radius 3 is 2.96 bits per heavy atom. The summed E-state index contributed by atoms with van der Waals surface area (Å²) in [5.74, 6) is 0.608. The van der Waals surface area contributed by atoms with Gasteiger partial charge in [-0.2, -0.15) is 5.10 Å². The third-order valence-corrected chi connectivity index (χ3v) is 4.56. The molecule has 6 nitrogen and oxygen atoms in total. The van der Waals surface area contributed by atoms with Gasteiger partial charge in [-0.1, -0.05) is 28.1 Å². The van der Waals surface area contributed by atoms with E-state index in [1.165, 1.54) is 0 Å². The minimum Gasteiger partial charge on any atom is -0.378 e. The molecule has 0 radical (unpaired) electrons. The zero-order valence-electron chi connectivity index (χ0n) is 14.0. The number of ether oxygens (including phenoxy) is 2. The summed E-state index contributed by atoms with van der Waals surface area (Å²) in [5, 5.41) is 7.17. The molecule has 25 heavy (non-hydrogen) atoms. The van der Waals surface area contributed by atoms with Gasteiger partial charge in [0.15, 0.2) is 0 Å². The van der Waals surface area contributed by atoms with E-state index in [2.05, 4.69) is 26.3 Å². The van der Waals surface area contributed by atoms with E-state index < -0.39 is 0 Å². The van der Waals surface area contributed by atoms with Gasteiger partial charge in [-0.3, -0.25) is 4.79 Å². The van der Waals surface area contributed by atoms with Crippen molar-refractivity contribution in [2.75, 3.05) is 25.1 Å². The molecule has 0 bridgehead atoms. The maximum Gasteiger partial charge on any atom is 0.227 e. The van der Waals surface area contributed by atoms with Gasteiger partial charge in [0.05, 0.1) is 38.5 Å². The van der Waals surface area contributed by atoms with Gasteiger partial charge < -0.3 is 14.8 Å². The average molecular weight is 408 g/mol. The van der Waals surface area contributed by atoms with Crippen LogP contribution in [0.2, 0.25) is 0 Å². The molecule has 1 aromatic carbocycles. The lowest BCUT2D eigenvalue weighted by molar-refractivity contribution is -0.117. The number of aromatic nitrogens is 2. The Bertz CT molecular complexity index is 681. The quantitative estimate of drug-likeness (QED) is 0.682. The molecule has 1 unspecified atom stereocenters. The molecule has 1 amide bonds. The van der Waals surface area contributed by atoms with Crippen LogP contribution in [0.5, 0.6) is 0 Å². The fourth-order valence-electron chi connectivity index (χ4n) is 2.69. The first-order valence-electron chi connectivity index (χ1n) is 8.46. The van der Waals surface area contributed by atoms with Crippen molar-refractivity contribution in [1.82, 2.24) is 9.78 Å². The van der Waals surface area contributed by atoms with Crippen LogP contribution in [-0.4, -0.2) is 41.6 Å². The Morgan fingerprint density at radius 2 is 2.20 bits per heavy atom. The maximum atomic E-state index is 12.1. The summed E-state index contributed by atoms with van der Waals surface area (Å²) < 4.78 is 13.8. The highest BCUT2D eigenvalue weighted by molar-refractivity contribution is 9.10. The van der Waals surface area contributed by atoms with Crippen molar-refractivity contribution >= 4 is 27.7 Å². The molecule has 1 saturated heterocycles. The first-order chi connectivity index (χ1) is 12.2. The number of nitrogens with one attached hydrogen (secondary N) is 1. The van der Waals surface area contributed by atoms with Crippen molar-refractivity contribution in [2.45, 2.75) is 31.9 Å². The Balaban J connectivity index is 1.43. The fourth-order valence-corrected chi connectivity index (χ4v) is 2.95. The summed E-state index contributed by atoms with van der Waals surface area (Å²) in [5.41, 5.74) is 1.11. The van der Waals surface area contributed by atoms with Gasteiger partial charge in [-0.05, 0) is 30.5 Å². The highest BCUT2D eigenvalue weighted by atomic mass is 79.9. The molecule has 1 aromatic heterocycles. The Morgan fingerprint density at radius 1 is 1.36 bits per heavy atom. The van der Waals surface area contributed by atoms with Crippen molar-refractivity contribution in [3.05, 3.63) is 46.6 Å². The third-order valence-electron chi connectivity index (χ3n) is 4.03. The highest BCUT2D eigenvalue weighted by Crippen LogP contribution is 2.14. The monoisotopic (exact) mass is 407 g/mol. The second-order valence-corrected chi connectivity index (χ2v) is 6.92. The van der Waals surface area contributed by atoms with Crippen LogP contribution in [0.15, 0.2) is 41.0 Å². The molecule has 1 atom stereocenters. The Kier molecular flexibility index (Phi) is 6.61. The number of hydrogen-bond acceptors (Lipinski definition) is 4. The van der Waals surface area contributed by atoms with Gasteiger partial charge in [0, 0.05) is 17.1 Å². The molecule has 2 heterocycles. The van der Waals surface area contributed by atoms with Gasteiger partial charge in [-0.25, -0.2) is 4.68 Å². The van der Waals surface area contributed by atoms with E-state index in [4.69, 9.17) is 9.47 Å². The fraction of sp³-hybridized carbons (Fsp3) is 0.444. The zero-order chi connectivity index (χ0) is 17.5. The number of carbonyl (C=O) groups is 1. The van der Waals surface area contributed by atoms with E-state index in [1.807, 2.05) is 24.3 Å².